The van der Waals surface area contributed by atoms with Crippen LogP contribution < -0.4 is 0 Å². The lowest BCUT2D eigenvalue weighted by Gasteiger charge is -2.38. The van der Waals surface area contributed by atoms with Gasteiger partial charge in [0.05, 0.1) is 19.3 Å². The molecule has 2 unspecified atom stereocenters. The lowest BCUT2D eigenvalue weighted by molar-refractivity contribution is -0.160. The minimum atomic E-state index is -0.747. The van der Waals surface area contributed by atoms with Crippen molar-refractivity contribution in [1.82, 2.24) is 4.90 Å². The van der Waals surface area contributed by atoms with Gasteiger partial charge in [-0.15, -0.1) is 0 Å². The van der Waals surface area contributed by atoms with Gasteiger partial charge in [0.1, 0.15) is 5.60 Å². The molecule has 0 radical (unpaired) electrons. The smallest absolute Gasteiger partial charge is 0.411 e. The summed E-state index contributed by atoms with van der Waals surface area (Å²) >= 11 is 0. The minimum Gasteiger partial charge on any atom is -0.464 e. The topological polar surface area (TPSA) is 65.1 Å². The largest absolute Gasteiger partial charge is 0.464 e. The molecule has 1 fully saturated rings. The number of hydrogen-bond donors (Lipinski definition) is 0. The van der Waals surface area contributed by atoms with Gasteiger partial charge < -0.3 is 14.2 Å². The number of rotatable bonds is 2. The highest BCUT2D eigenvalue weighted by Crippen LogP contribution is 2.19. The van der Waals surface area contributed by atoms with Crippen LogP contribution in [0.25, 0.3) is 0 Å². The van der Waals surface area contributed by atoms with Gasteiger partial charge in [0.15, 0.2) is 6.04 Å². The Labute approximate surface area is 114 Å². The molecule has 1 saturated heterocycles. The maximum absolute atomic E-state index is 12.1. The van der Waals surface area contributed by atoms with Gasteiger partial charge in [-0.2, -0.15) is 0 Å². The van der Waals surface area contributed by atoms with Crippen molar-refractivity contribution in [1.29, 1.82) is 0 Å². The highest BCUT2D eigenvalue weighted by molar-refractivity contribution is 5.82. The Balaban J connectivity index is 2.82. The summed E-state index contributed by atoms with van der Waals surface area (Å²) in [6.07, 6.45) is -0.916. The van der Waals surface area contributed by atoms with Crippen LogP contribution in [0, 0.1) is 0 Å². The van der Waals surface area contributed by atoms with Crippen LogP contribution in [-0.2, 0) is 19.0 Å². The Morgan fingerprint density at radius 2 is 2.00 bits per heavy atom. The summed E-state index contributed by atoms with van der Waals surface area (Å²) in [6.45, 7) is 9.81. The molecule has 1 heterocycles. The van der Waals surface area contributed by atoms with Crippen molar-refractivity contribution in [3.8, 4) is 0 Å². The number of nitrogens with zero attached hydrogens (tertiary/aromatic N) is 1. The number of hydrogen-bond acceptors (Lipinski definition) is 5. The Bertz CT molecular complexity index is 336. The van der Waals surface area contributed by atoms with Crippen molar-refractivity contribution in [3.63, 3.8) is 0 Å². The quantitative estimate of drug-likeness (QED) is 0.715. The van der Waals surface area contributed by atoms with Crippen molar-refractivity contribution in [3.05, 3.63) is 0 Å². The predicted octanol–water partition coefficient (Wildman–Crippen LogP) is 1.57. The molecule has 110 valence electrons. The average Bonchev–Trinajstić information content (AvgIpc) is 2.26. The van der Waals surface area contributed by atoms with Crippen molar-refractivity contribution in [2.45, 2.75) is 52.4 Å². The number of amides is 1. The Morgan fingerprint density at radius 1 is 1.37 bits per heavy atom. The average molecular weight is 273 g/mol. The first-order valence-electron chi connectivity index (χ1n) is 6.54. The Morgan fingerprint density at radius 3 is 2.53 bits per heavy atom. The van der Waals surface area contributed by atoms with Gasteiger partial charge in [-0.25, -0.2) is 9.59 Å². The molecule has 0 bridgehead atoms. The second kappa shape index (κ2) is 6.23. The summed E-state index contributed by atoms with van der Waals surface area (Å²) in [5.41, 5.74) is -0.599. The van der Waals surface area contributed by atoms with E-state index in [1.165, 1.54) is 4.90 Å². The van der Waals surface area contributed by atoms with Crippen LogP contribution in [-0.4, -0.2) is 54.5 Å². The zero-order valence-corrected chi connectivity index (χ0v) is 12.3. The number of carbonyl (C=O) groups is 2. The summed E-state index contributed by atoms with van der Waals surface area (Å²) in [5, 5.41) is 0. The summed E-state index contributed by atoms with van der Waals surface area (Å²) in [7, 11) is 0. The van der Waals surface area contributed by atoms with Gasteiger partial charge in [-0.05, 0) is 34.6 Å². The standard InChI is InChI=1S/C13H23NO5/c1-6-17-11(15)10-9(2)18-8-7-14(10)12(16)19-13(3,4)5/h9-10H,6-8H2,1-5H3. The molecule has 1 rings (SSSR count). The fourth-order valence-corrected chi connectivity index (χ4v) is 1.89. The van der Waals surface area contributed by atoms with E-state index in [1.807, 2.05) is 0 Å². The number of morpholine rings is 1. The normalized spacial score (nSPS) is 23.9. The molecular formula is C13H23NO5. The molecule has 2 atom stereocenters. The number of ether oxygens (including phenoxy) is 3. The second-order valence-electron chi connectivity index (χ2n) is 5.45. The molecular weight excluding hydrogens is 250 g/mol. The lowest BCUT2D eigenvalue weighted by atomic mass is 10.1. The summed E-state index contributed by atoms with van der Waals surface area (Å²) in [4.78, 5) is 25.4. The van der Waals surface area contributed by atoms with Gasteiger partial charge in [0, 0.05) is 6.54 Å². The van der Waals surface area contributed by atoms with Crippen LogP contribution in [0.15, 0.2) is 0 Å². The van der Waals surface area contributed by atoms with Crippen LogP contribution in [0.1, 0.15) is 34.6 Å². The first-order chi connectivity index (χ1) is 8.76. The van der Waals surface area contributed by atoms with Gasteiger partial charge in [0.2, 0.25) is 0 Å². The van der Waals surface area contributed by atoms with Crippen molar-refractivity contribution in [2.24, 2.45) is 0 Å². The molecule has 1 aliphatic rings. The highest BCUT2D eigenvalue weighted by Gasteiger charge is 2.40. The SMILES string of the molecule is CCOC(=O)C1C(C)OCCN1C(=O)OC(C)(C)C. The third-order valence-corrected chi connectivity index (χ3v) is 2.65. The number of carbonyl (C=O) groups excluding carboxylic acids is 2. The molecule has 0 aromatic heterocycles. The molecule has 0 spiro atoms. The summed E-state index contributed by atoms with van der Waals surface area (Å²) < 4.78 is 15.7. The fourth-order valence-electron chi connectivity index (χ4n) is 1.89. The van der Waals surface area contributed by atoms with E-state index in [0.717, 1.165) is 0 Å². The molecule has 6 nitrogen and oxygen atoms in total. The molecule has 1 aliphatic heterocycles. The van der Waals surface area contributed by atoms with E-state index in [0.29, 0.717) is 13.2 Å². The fraction of sp³-hybridized carbons (Fsp3) is 0.846. The van der Waals surface area contributed by atoms with E-state index in [-0.39, 0.29) is 6.61 Å². The van der Waals surface area contributed by atoms with Gasteiger partial charge in [-0.3, -0.25) is 4.90 Å². The van der Waals surface area contributed by atoms with Crippen LogP contribution in [0.2, 0.25) is 0 Å². The molecule has 0 aliphatic carbocycles. The van der Waals surface area contributed by atoms with E-state index >= 15 is 0 Å². The molecule has 1 amide bonds. The van der Waals surface area contributed by atoms with Crippen molar-refractivity contribution in [2.75, 3.05) is 19.8 Å². The van der Waals surface area contributed by atoms with E-state index in [2.05, 4.69) is 0 Å². The molecule has 0 aromatic carbocycles. The van der Waals surface area contributed by atoms with Gasteiger partial charge >= 0.3 is 12.1 Å². The Kier molecular flexibility index (Phi) is 5.17. The molecule has 6 heteroatoms. The third kappa shape index (κ3) is 4.38. The van der Waals surface area contributed by atoms with Gasteiger partial charge in [0.25, 0.3) is 0 Å². The summed E-state index contributed by atoms with van der Waals surface area (Å²) in [5.74, 6) is -0.458. The Hall–Kier alpha value is -1.30. The maximum atomic E-state index is 12.1. The lowest BCUT2D eigenvalue weighted by Crippen LogP contribution is -2.57. The monoisotopic (exact) mass is 273 g/mol. The first-order valence-corrected chi connectivity index (χ1v) is 6.54. The zero-order chi connectivity index (χ0) is 14.6. The van der Waals surface area contributed by atoms with Crippen LogP contribution in [0.3, 0.4) is 0 Å². The minimum absolute atomic E-state index is 0.268. The van der Waals surface area contributed by atoms with E-state index in [4.69, 9.17) is 14.2 Å². The van der Waals surface area contributed by atoms with E-state index in [1.54, 1.807) is 34.6 Å². The van der Waals surface area contributed by atoms with Crippen LogP contribution >= 0.6 is 0 Å². The maximum Gasteiger partial charge on any atom is 0.411 e. The van der Waals surface area contributed by atoms with Crippen LogP contribution in [0.5, 0.6) is 0 Å². The molecule has 0 N–H and O–H groups in total. The predicted molar refractivity (Wildman–Crippen MR) is 68.8 cm³/mol. The first kappa shape index (κ1) is 15.8. The molecule has 0 saturated carbocycles. The van der Waals surface area contributed by atoms with Crippen LogP contribution in [0.4, 0.5) is 4.79 Å². The highest BCUT2D eigenvalue weighted by atomic mass is 16.6. The third-order valence-electron chi connectivity index (χ3n) is 2.65. The number of esters is 1. The molecule has 0 aromatic rings. The van der Waals surface area contributed by atoms with Gasteiger partial charge in [-0.1, -0.05) is 0 Å². The van der Waals surface area contributed by atoms with Crippen molar-refractivity contribution >= 4 is 12.1 Å². The summed E-state index contributed by atoms with van der Waals surface area (Å²) in [6, 6.07) is -0.747. The molecule has 19 heavy (non-hydrogen) atoms. The van der Waals surface area contributed by atoms with E-state index < -0.39 is 29.8 Å². The zero-order valence-electron chi connectivity index (χ0n) is 12.3. The van der Waals surface area contributed by atoms with E-state index in [9.17, 15) is 9.59 Å². The van der Waals surface area contributed by atoms with Crippen molar-refractivity contribution < 1.29 is 23.8 Å². The second-order valence-corrected chi connectivity index (χ2v) is 5.45.